The van der Waals surface area contributed by atoms with Crippen LogP contribution in [0.3, 0.4) is 0 Å². The number of nitrogens with one attached hydrogen (secondary N) is 1. The van der Waals surface area contributed by atoms with Crippen LogP contribution in [0.4, 0.5) is 5.82 Å². The number of hydrogen-bond acceptors (Lipinski definition) is 7. The first-order chi connectivity index (χ1) is 10.3. The number of rotatable bonds is 5. The second-order valence-corrected chi connectivity index (χ2v) is 5.36. The molecule has 6 nitrogen and oxygen atoms in total. The number of aromatic nitrogens is 4. The zero-order valence-corrected chi connectivity index (χ0v) is 12.6. The lowest BCUT2D eigenvalue weighted by Gasteiger charge is -2.08. The molecular formula is C14H15N5OS. The summed E-state index contributed by atoms with van der Waals surface area (Å²) in [4.78, 5) is 13.3. The van der Waals surface area contributed by atoms with E-state index in [4.69, 9.17) is 4.52 Å². The molecular weight excluding hydrogens is 286 g/mol. The molecule has 0 saturated heterocycles. The molecule has 0 unspecified atom stereocenters. The molecule has 108 valence electrons. The SMILES string of the molecule is CCNc1nc(SCc2noc(C)n2)nc2ccccc12. The van der Waals surface area contributed by atoms with Crippen molar-refractivity contribution >= 4 is 28.5 Å². The zero-order valence-electron chi connectivity index (χ0n) is 11.8. The van der Waals surface area contributed by atoms with E-state index in [0.717, 1.165) is 23.3 Å². The van der Waals surface area contributed by atoms with Gasteiger partial charge in [-0.25, -0.2) is 9.97 Å². The van der Waals surface area contributed by atoms with Gasteiger partial charge in [-0.1, -0.05) is 29.1 Å². The van der Waals surface area contributed by atoms with Crippen LogP contribution in [-0.2, 0) is 5.75 Å². The lowest BCUT2D eigenvalue weighted by atomic mass is 10.2. The van der Waals surface area contributed by atoms with Gasteiger partial charge in [-0.2, -0.15) is 4.98 Å². The van der Waals surface area contributed by atoms with Crippen LogP contribution in [-0.4, -0.2) is 26.7 Å². The predicted octanol–water partition coefficient (Wildman–Crippen LogP) is 3.05. The summed E-state index contributed by atoms with van der Waals surface area (Å²) in [6.45, 7) is 4.64. The van der Waals surface area contributed by atoms with E-state index < -0.39 is 0 Å². The standard InChI is InChI=1S/C14H15N5OS/c1-3-15-13-10-6-4-5-7-11(10)17-14(18-13)21-8-12-16-9(2)20-19-12/h4-7H,3,8H2,1-2H3,(H,15,17,18). The fourth-order valence-corrected chi connectivity index (χ4v) is 2.65. The third-order valence-electron chi connectivity index (χ3n) is 2.83. The van der Waals surface area contributed by atoms with Crippen molar-refractivity contribution in [3.05, 3.63) is 36.0 Å². The average Bonchev–Trinajstić information content (AvgIpc) is 2.91. The van der Waals surface area contributed by atoms with Gasteiger partial charge in [0, 0.05) is 18.9 Å². The largest absolute Gasteiger partial charge is 0.370 e. The van der Waals surface area contributed by atoms with E-state index in [2.05, 4.69) is 25.4 Å². The van der Waals surface area contributed by atoms with Gasteiger partial charge in [0.05, 0.1) is 11.3 Å². The minimum Gasteiger partial charge on any atom is -0.370 e. The first-order valence-corrected chi connectivity index (χ1v) is 7.67. The summed E-state index contributed by atoms with van der Waals surface area (Å²) in [6, 6.07) is 7.97. The molecule has 2 heterocycles. The molecule has 3 aromatic rings. The maximum absolute atomic E-state index is 4.96. The molecule has 0 atom stereocenters. The third kappa shape index (κ3) is 3.13. The van der Waals surface area contributed by atoms with Gasteiger partial charge in [0.25, 0.3) is 0 Å². The first kappa shape index (κ1) is 13.8. The van der Waals surface area contributed by atoms with Crippen LogP contribution in [0.25, 0.3) is 10.9 Å². The average molecular weight is 301 g/mol. The Morgan fingerprint density at radius 3 is 2.81 bits per heavy atom. The van der Waals surface area contributed by atoms with Crippen LogP contribution in [0.5, 0.6) is 0 Å². The summed E-state index contributed by atoms with van der Waals surface area (Å²) >= 11 is 1.49. The quantitative estimate of drug-likeness (QED) is 0.573. The summed E-state index contributed by atoms with van der Waals surface area (Å²) in [5.41, 5.74) is 0.926. The summed E-state index contributed by atoms with van der Waals surface area (Å²) in [6.07, 6.45) is 0. The Morgan fingerprint density at radius 2 is 2.05 bits per heavy atom. The van der Waals surface area contributed by atoms with Gasteiger partial charge in [-0.05, 0) is 19.1 Å². The Kier molecular flexibility index (Phi) is 4.01. The fraction of sp³-hybridized carbons (Fsp3) is 0.286. The van der Waals surface area contributed by atoms with Crippen molar-refractivity contribution in [2.75, 3.05) is 11.9 Å². The highest BCUT2D eigenvalue weighted by atomic mass is 32.2. The van der Waals surface area contributed by atoms with Crippen molar-refractivity contribution < 1.29 is 4.52 Å². The maximum Gasteiger partial charge on any atom is 0.223 e. The van der Waals surface area contributed by atoms with Gasteiger partial charge in [0.2, 0.25) is 5.89 Å². The zero-order chi connectivity index (χ0) is 14.7. The van der Waals surface area contributed by atoms with Crippen molar-refractivity contribution in [3.63, 3.8) is 0 Å². The van der Waals surface area contributed by atoms with Crippen molar-refractivity contribution in [1.29, 1.82) is 0 Å². The Balaban J connectivity index is 1.87. The van der Waals surface area contributed by atoms with E-state index in [0.29, 0.717) is 22.6 Å². The number of nitrogens with zero attached hydrogens (tertiary/aromatic N) is 4. The van der Waals surface area contributed by atoms with E-state index >= 15 is 0 Å². The molecule has 0 bridgehead atoms. The molecule has 0 fully saturated rings. The van der Waals surface area contributed by atoms with Crippen LogP contribution in [0.2, 0.25) is 0 Å². The second-order valence-electron chi connectivity index (χ2n) is 4.42. The van der Waals surface area contributed by atoms with E-state index in [1.165, 1.54) is 11.8 Å². The van der Waals surface area contributed by atoms with Crippen molar-refractivity contribution in [2.24, 2.45) is 0 Å². The number of benzene rings is 1. The lowest BCUT2D eigenvalue weighted by molar-refractivity contribution is 0.389. The Labute approximate surface area is 126 Å². The summed E-state index contributed by atoms with van der Waals surface area (Å²) in [7, 11) is 0. The smallest absolute Gasteiger partial charge is 0.223 e. The number of para-hydroxylation sites is 1. The van der Waals surface area contributed by atoms with E-state index in [9.17, 15) is 0 Å². The maximum atomic E-state index is 4.96. The third-order valence-corrected chi connectivity index (χ3v) is 3.67. The van der Waals surface area contributed by atoms with Gasteiger partial charge in [0.1, 0.15) is 5.82 Å². The van der Waals surface area contributed by atoms with Crippen LogP contribution in [0.15, 0.2) is 33.9 Å². The molecule has 7 heteroatoms. The van der Waals surface area contributed by atoms with E-state index in [1.807, 2.05) is 31.2 Å². The highest BCUT2D eigenvalue weighted by Gasteiger charge is 2.09. The molecule has 2 aromatic heterocycles. The minimum absolute atomic E-state index is 0.568. The second kappa shape index (κ2) is 6.09. The highest BCUT2D eigenvalue weighted by Crippen LogP contribution is 2.25. The topological polar surface area (TPSA) is 76.7 Å². The van der Waals surface area contributed by atoms with Gasteiger partial charge in [-0.15, -0.1) is 0 Å². The predicted molar refractivity (Wildman–Crippen MR) is 82.3 cm³/mol. The van der Waals surface area contributed by atoms with Crippen LogP contribution in [0, 0.1) is 6.92 Å². The van der Waals surface area contributed by atoms with Crippen LogP contribution < -0.4 is 5.32 Å². The van der Waals surface area contributed by atoms with E-state index in [1.54, 1.807) is 6.92 Å². The highest BCUT2D eigenvalue weighted by molar-refractivity contribution is 7.98. The molecule has 1 aromatic carbocycles. The molecule has 21 heavy (non-hydrogen) atoms. The number of fused-ring (bicyclic) bond motifs is 1. The fourth-order valence-electron chi connectivity index (χ4n) is 1.95. The number of thioether (sulfide) groups is 1. The molecule has 0 spiro atoms. The molecule has 1 N–H and O–H groups in total. The van der Waals surface area contributed by atoms with Gasteiger partial charge in [-0.3, -0.25) is 0 Å². The normalized spacial score (nSPS) is 11.0. The Hall–Kier alpha value is -2.15. The summed E-state index contributed by atoms with van der Waals surface area (Å²) < 4.78 is 4.96. The minimum atomic E-state index is 0.568. The van der Waals surface area contributed by atoms with Crippen molar-refractivity contribution in [1.82, 2.24) is 20.1 Å². The van der Waals surface area contributed by atoms with Crippen LogP contribution >= 0.6 is 11.8 Å². The first-order valence-electron chi connectivity index (χ1n) is 6.69. The number of hydrogen-bond donors (Lipinski definition) is 1. The lowest BCUT2D eigenvalue weighted by Crippen LogP contribution is -2.02. The van der Waals surface area contributed by atoms with Crippen LogP contribution in [0.1, 0.15) is 18.6 Å². The van der Waals surface area contributed by atoms with Crippen molar-refractivity contribution in [3.8, 4) is 0 Å². The summed E-state index contributed by atoms with van der Waals surface area (Å²) in [5, 5.41) is 8.88. The summed E-state index contributed by atoms with van der Waals surface area (Å²) in [5.74, 6) is 2.66. The van der Waals surface area contributed by atoms with Gasteiger partial charge in [0.15, 0.2) is 11.0 Å². The molecule has 0 aliphatic heterocycles. The molecule has 0 radical (unpaired) electrons. The number of aryl methyl sites for hydroxylation is 1. The molecule has 0 amide bonds. The monoisotopic (exact) mass is 301 g/mol. The van der Waals surface area contributed by atoms with Gasteiger partial charge >= 0.3 is 0 Å². The Morgan fingerprint density at radius 1 is 1.19 bits per heavy atom. The molecule has 0 aliphatic rings. The Bertz CT molecular complexity index is 758. The number of anilines is 1. The van der Waals surface area contributed by atoms with Crippen molar-refractivity contribution in [2.45, 2.75) is 24.8 Å². The molecule has 3 rings (SSSR count). The van der Waals surface area contributed by atoms with Gasteiger partial charge < -0.3 is 9.84 Å². The van der Waals surface area contributed by atoms with E-state index in [-0.39, 0.29) is 0 Å². The molecule has 0 aliphatic carbocycles. The molecule has 0 saturated carbocycles.